The molecule has 5 heteroatoms. The Morgan fingerprint density at radius 1 is 1.41 bits per heavy atom. The van der Waals surface area contributed by atoms with Crippen molar-refractivity contribution in [2.24, 2.45) is 0 Å². The summed E-state index contributed by atoms with van der Waals surface area (Å²) in [6.07, 6.45) is 5.50. The highest BCUT2D eigenvalue weighted by molar-refractivity contribution is 5.94. The van der Waals surface area contributed by atoms with E-state index >= 15 is 0 Å². The Morgan fingerprint density at radius 2 is 2.23 bits per heavy atom. The largest absolute Gasteiger partial charge is 0.334 e. The van der Waals surface area contributed by atoms with Crippen LogP contribution < -0.4 is 0 Å². The molecule has 0 aromatic carbocycles. The van der Waals surface area contributed by atoms with E-state index in [9.17, 15) is 9.59 Å². The molecule has 1 aromatic rings. The predicted octanol–water partition coefficient (Wildman–Crippen LogP) is 1.78. The molecule has 2 aliphatic heterocycles. The monoisotopic (exact) mass is 299 g/mol. The second-order valence-electron chi connectivity index (χ2n) is 5.98. The quantitative estimate of drug-likeness (QED) is 0.800. The first-order valence-electron chi connectivity index (χ1n) is 7.76. The van der Waals surface area contributed by atoms with E-state index in [0.29, 0.717) is 25.1 Å². The maximum absolute atomic E-state index is 12.7. The molecule has 2 amide bonds. The van der Waals surface area contributed by atoms with E-state index in [-0.39, 0.29) is 23.9 Å². The Kier molecular flexibility index (Phi) is 3.96. The number of hydrogen-bond acceptors (Lipinski definition) is 3. The maximum Gasteiger partial charge on any atom is 0.255 e. The number of carbonyl (C=O) groups excluding carboxylic acids is 2. The summed E-state index contributed by atoms with van der Waals surface area (Å²) in [6, 6.07) is 3.93. The lowest BCUT2D eigenvalue weighted by Gasteiger charge is -2.39. The summed E-state index contributed by atoms with van der Waals surface area (Å²) in [4.78, 5) is 32.8. The smallest absolute Gasteiger partial charge is 0.255 e. The van der Waals surface area contributed by atoms with Crippen LogP contribution in [0.1, 0.15) is 35.3 Å². The van der Waals surface area contributed by atoms with Crippen LogP contribution in [0, 0.1) is 6.92 Å². The van der Waals surface area contributed by atoms with E-state index in [1.54, 1.807) is 12.3 Å². The van der Waals surface area contributed by atoms with Crippen LogP contribution in [0.3, 0.4) is 0 Å². The number of pyridine rings is 1. The van der Waals surface area contributed by atoms with Gasteiger partial charge in [-0.05, 0) is 31.9 Å². The van der Waals surface area contributed by atoms with Gasteiger partial charge in [0.1, 0.15) is 0 Å². The van der Waals surface area contributed by atoms with Gasteiger partial charge < -0.3 is 9.80 Å². The molecule has 0 spiro atoms. The number of nitrogens with zero attached hydrogens (tertiary/aromatic N) is 3. The van der Waals surface area contributed by atoms with Crippen LogP contribution in [0.15, 0.2) is 31.0 Å². The van der Waals surface area contributed by atoms with Gasteiger partial charge in [0.05, 0.1) is 17.6 Å². The van der Waals surface area contributed by atoms with Gasteiger partial charge in [0.2, 0.25) is 5.91 Å². The molecule has 5 nitrogen and oxygen atoms in total. The molecule has 2 saturated heterocycles. The Balaban J connectivity index is 1.79. The molecule has 2 atom stereocenters. The maximum atomic E-state index is 12.7. The number of likely N-dealkylation sites (tertiary alicyclic amines) is 2. The summed E-state index contributed by atoms with van der Waals surface area (Å²) in [5.41, 5.74) is 1.52. The average Bonchev–Trinajstić information content (AvgIpc) is 2.94. The van der Waals surface area contributed by atoms with Gasteiger partial charge in [-0.1, -0.05) is 6.08 Å². The molecule has 0 radical (unpaired) electrons. The van der Waals surface area contributed by atoms with Gasteiger partial charge in [-0.15, -0.1) is 6.58 Å². The second-order valence-corrected chi connectivity index (χ2v) is 5.98. The summed E-state index contributed by atoms with van der Waals surface area (Å²) in [5.74, 6) is 0.195. The number of fused-ring (bicyclic) bond motifs is 1. The minimum Gasteiger partial charge on any atom is -0.334 e. The number of rotatable bonds is 3. The normalized spacial score (nSPS) is 24.3. The molecule has 116 valence electrons. The van der Waals surface area contributed by atoms with E-state index in [4.69, 9.17) is 0 Å². The molecule has 0 N–H and O–H groups in total. The lowest BCUT2D eigenvalue weighted by atomic mass is 9.96. The van der Waals surface area contributed by atoms with Crippen LogP contribution in [-0.4, -0.2) is 51.8 Å². The zero-order chi connectivity index (χ0) is 15.7. The molecule has 2 fully saturated rings. The first kappa shape index (κ1) is 14.8. The third-order valence-corrected chi connectivity index (χ3v) is 4.63. The van der Waals surface area contributed by atoms with Crippen LogP contribution in [0.5, 0.6) is 0 Å². The summed E-state index contributed by atoms with van der Waals surface area (Å²) >= 11 is 0. The van der Waals surface area contributed by atoms with Gasteiger partial charge in [-0.25, -0.2) is 0 Å². The van der Waals surface area contributed by atoms with Crippen LogP contribution in [0.2, 0.25) is 0 Å². The van der Waals surface area contributed by atoms with Crippen LogP contribution in [0.25, 0.3) is 0 Å². The van der Waals surface area contributed by atoms with E-state index in [1.165, 1.54) is 0 Å². The Morgan fingerprint density at radius 3 is 2.91 bits per heavy atom. The van der Waals surface area contributed by atoms with Gasteiger partial charge in [0.15, 0.2) is 0 Å². The third kappa shape index (κ3) is 2.51. The molecule has 0 unspecified atom stereocenters. The number of aryl methyl sites for hydroxylation is 1. The summed E-state index contributed by atoms with van der Waals surface area (Å²) in [5, 5.41) is 0. The van der Waals surface area contributed by atoms with E-state index < -0.39 is 0 Å². The molecular formula is C17H21N3O2. The summed E-state index contributed by atoms with van der Waals surface area (Å²) in [7, 11) is 0. The SMILES string of the molecule is C=CCN1C(=O)CC[C@H]2[C@@H]1CCN2C(=O)c1ccc(C)nc1. The zero-order valence-corrected chi connectivity index (χ0v) is 12.9. The number of carbonyl (C=O) groups is 2. The molecule has 22 heavy (non-hydrogen) atoms. The van der Waals surface area contributed by atoms with Gasteiger partial charge in [0, 0.05) is 31.4 Å². The van der Waals surface area contributed by atoms with E-state index in [0.717, 1.165) is 18.5 Å². The fourth-order valence-electron chi connectivity index (χ4n) is 3.54. The summed E-state index contributed by atoms with van der Waals surface area (Å²) in [6.45, 7) is 6.89. The molecule has 3 rings (SSSR count). The number of aromatic nitrogens is 1. The van der Waals surface area contributed by atoms with Crippen molar-refractivity contribution in [1.82, 2.24) is 14.8 Å². The molecule has 0 bridgehead atoms. The van der Waals surface area contributed by atoms with Crippen molar-refractivity contribution in [3.63, 3.8) is 0 Å². The first-order chi connectivity index (χ1) is 10.6. The number of hydrogen-bond donors (Lipinski definition) is 0. The van der Waals surface area contributed by atoms with Crippen molar-refractivity contribution < 1.29 is 9.59 Å². The topological polar surface area (TPSA) is 53.5 Å². The van der Waals surface area contributed by atoms with Crippen molar-refractivity contribution in [2.75, 3.05) is 13.1 Å². The molecule has 2 aliphatic rings. The highest BCUT2D eigenvalue weighted by atomic mass is 16.2. The second kappa shape index (κ2) is 5.91. The molecule has 0 aliphatic carbocycles. The van der Waals surface area contributed by atoms with Gasteiger partial charge in [-0.3, -0.25) is 14.6 Å². The van der Waals surface area contributed by atoms with Crippen molar-refractivity contribution in [3.05, 3.63) is 42.2 Å². The summed E-state index contributed by atoms with van der Waals surface area (Å²) < 4.78 is 0. The average molecular weight is 299 g/mol. The van der Waals surface area contributed by atoms with Crippen molar-refractivity contribution >= 4 is 11.8 Å². The van der Waals surface area contributed by atoms with Crippen molar-refractivity contribution in [2.45, 2.75) is 38.3 Å². The molecule has 3 heterocycles. The van der Waals surface area contributed by atoms with Gasteiger partial charge in [-0.2, -0.15) is 0 Å². The minimum absolute atomic E-state index is 0.0212. The van der Waals surface area contributed by atoms with Gasteiger partial charge >= 0.3 is 0 Å². The van der Waals surface area contributed by atoms with Crippen LogP contribution in [-0.2, 0) is 4.79 Å². The zero-order valence-electron chi connectivity index (χ0n) is 12.9. The first-order valence-corrected chi connectivity index (χ1v) is 7.76. The Hall–Kier alpha value is -2.17. The lowest BCUT2D eigenvalue weighted by Crippen LogP contribution is -2.53. The highest BCUT2D eigenvalue weighted by Crippen LogP contribution is 2.32. The van der Waals surface area contributed by atoms with Crippen LogP contribution in [0.4, 0.5) is 0 Å². The highest BCUT2D eigenvalue weighted by Gasteiger charge is 2.44. The predicted molar refractivity (Wildman–Crippen MR) is 83.3 cm³/mol. The molecule has 1 aromatic heterocycles. The van der Waals surface area contributed by atoms with Crippen LogP contribution >= 0.6 is 0 Å². The van der Waals surface area contributed by atoms with E-state index in [2.05, 4.69) is 11.6 Å². The van der Waals surface area contributed by atoms with Crippen molar-refractivity contribution in [3.8, 4) is 0 Å². The third-order valence-electron chi connectivity index (χ3n) is 4.63. The molecule has 0 saturated carbocycles. The Labute approximate surface area is 130 Å². The fourth-order valence-corrected chi connectivity index (χ4v) is 3.54. The minimum atomic E-state index is 0.0212. The number of piperidine rings is 1. The van der Waals surface area contributed by atoms with Crippen molar-refractivity contribution in [1.29, 1.82) is 0 Å². The van der Waals surface area contributed by atoms with E-state index in [1.807, 2.05) is 28.9 Å². The lowest BCUT2D eigenvalue weighted by molar-refractivity contribution is -0.136. The molecular weight excluding hydrogens is 278 g/mol. The van der Waals surface area contributed by atoms with Gasteiger partial charge in [0.25, 0.3) is 5.91 Å². The number of amides is 2. The standard InChI is InChI=1S/C17H21N3O2/c1-3-9-19-15-8-10-20(14(15)6-7-16(19)21)17(22)13-5-4-12(2)18-11-13/h3-5,11,14-15H,1,6-10H2,2H3/t14-,15-/m0/s1. The Bertz CT molecular complexity index is 596. The fraction of sp³-hybridized carbons (Fsp3) is 0.471.